The van der Waals surface area contributed by atoms with Crippen LogP contribution in [0, 0.1) is 5.41 Å². The summed E-state index contributed by atoms with van der Waals surface area (Å²) in [6, 6.07) is 0.461. The van der Waals surface area contributed by atoms with Gasteiger partial charge in [0.15, 0.2) is 5.96 Å². The lowest BCUT2D eigenvalue weighted by atomic mass is 9.87. The highest BCUT2D eigenvalue weighted by molar-refractivity contribution is 14.0. The smallest absolute Gasteiger partial charge is 0.220 e. The molecular weight excluding hydrogens is 407 g/mol. The average Bonchev–Trinajstić information content (AvgIpc) is 3.06. The zero-order valence-corrected chi connectivity index (χ0v) is 16.3. The Balaban J connectivity index is 0.00000192. The number of nitrogens with one attached hydrogen (secondary N) is 2. The first-order chi connectivity index (χ1) is 10.7. The molecule has 3 fully saturated rings. The predicted molar refractivity (Wildman–Crippen MR) is 101 cm³/mol. The third-order valence-corrected chi connectivity index (χ3v) is 4.94. The molecule has 0 aromatic carbocycles. The van der Waals surface area contributed by atoms with E-state index in [0.717, 1.165) is 58.1 Å². The normalized spacial score (nSPS) is 27.2. The standard InChI is InChI=1S/C16H28N4O2.HI/c1-17-15(18-8-2-3-14(21)19-13-4-5-13)20-9-6-16(11-20)7-10-22-12-16;/h13H,2-12H2,1H3,(H,17,18)(H,19,21);1H. The second-order valence-corrected chi connectivity index (χ2v) is 6.89. The van der Waals surface area contributed by atoms with Crippen molar-refractivity contribution in [1.82, 2.24) is 15.5 Å². The van der Waals surface area contributed by atoms with Crippen LogP contribution in [0.15, 0.2) is 4.99 Å². The lowest BCUT2D eigenvalue weighted by Gasteiger charge is -2.24. The van der Waals surface area contributed by atoms with Crippen LogP contribution in [0.3, 0.4) is 0 Å². The summed E-state index contributed by atoms with van der Waals surface area (Å²) >= 11 is 0. The topological polar surface area (TPSA) is 66.0 Å². The van der Waals surface area contributed by atoms with Gasteiger partial charge >= 0.3 is 0 Å². The van der Waals surface area contributed by atoms with Crippen molar-refractivity contribution in [2.24, 2.45) is 10.4 Å². The first-order valence-corrected chi connectivity index (χ1v) is 8.53. The molecule has 0 aromatic rings. The van der Waals surface area contributed by atoms with Gasteiger partial charge in [-0.3, -0.25) is 9.79 Å². The van der Waals surface area contributed by atoms with E-state index in [1.165, 1.54) is 12.8 Å². The van der Waals surface area contributed by atoms with Gasteiger partial charge in [0.2, 0.25) is 5.91 Å². The van der Waals surface area contributed by atoms with E-state index in [1.54, 1.807) is 0 Å². The van der Waals surface area contributed by atoms with Gasteiger partial charge < -0.3 is 20.3 Å². The number of ether oxygens (including phenoxy) is 1. The Morgan fingerprint density at radius 2 is 2.22 bits per heavy atom. The fourth-order valence-corrected chi connectivity index (χ4v) is 3.40. The van der Waals surface area contributed by atoms with Gasteiger partial charge in [-0.2, -0.15) is 0 Å². The van der Waals surface area contributed by atoms with Gasteiger partial charge in [0.25, 0.3) is 0 Å². The Kier molecular flexibility index (Phi) is 6.94. The average molecular weight is 436 g/mol. The van der Waals surface area contributed by atoms with Crippen LogP contribution in [0.2, 0.25) is 0 Å². The van der Waals surface area contributed by atoms with Crippen molar-refractivity contribution in [1.29, 1.82) is 0 Å². The van der Waals surface area contributed by atoms with Crippen LogP contribution < -0.4 is 10.6 Å². The van der Waals surface area contributed by atoms with Gasteiger partial charge in [-0.15, -0.1) is 24.0 Å². The summed E-state index contributed by atoms with van der Waals surface area (Å²) < 4.78 is 5.57. The Morgan fingerprint density at radius 3 is 2.87 bits per heavy atom. The van der Waals surface area contributed by atoms with Crippen molar-refractivity contribution in [2.75, 3.05) is 39.9 Å². The number of amides is 1. The number of guanidine groups is 1. The number of nitrogens with zero attached hydrogens (tertiary/aromatic N) is 2. The molecule has 2 saturated heterocycles. The summed E-state index contributed by atoms with van der Waals surface area (Å²) in [7, 11) is 1.83. The number of aliphatic imine (C=N–C) groups is 1. The van der Waals surface area contributed by atoms with E-state index in [4.69, 9.17) is 4.74 Å². The number of hydrogen-bond acceptors (Lipinski definition) is 3. The third kappa shape index (κ3) is 5.20. The zero-order valence-electron chi connectivity index (χ0n) is 14.0. The Bertz CT molecular complexity index is 434. The van der Waals surface area contributed by atoms with Crippen LogP contribution in [0.25, 0.3) is 0 Å². The van der Waals surface area contributed by atoms with E-state index < -0.39 is 0 Å². The van der Waals surface area contributed by atoms with Crippen molar-refractivity contribution in [2.45, 2.75) is 44.6 Å². The molecule has 7 heteroatoms. The van der Waals surface area contributed by atoms with E-state index >= 15 is 0 Å². The number of carbonyl (C=O) groups excluding carboxylic acids is 1. The molecule has 6 nitrogen and oxygen atoms in total. The first kappa shape index (κ1) is 18.8. The molecule has 2 aliphatic heterocycles. The number of halogens is 1. The SMILES string of the molecule is CN=C(NCCCC(=O)NC1CC1)N1CCC2(CCOC2)C1.I. The molecule has 2 heterocycles. The molecule has 2 N–H and O–H groups in total. The number of likely N-dealkylation sites (tertiary alicyclic amines) is 1. The number of rotatable bonds is 5. The predicted octanol–water partition coefficient (Wildman–Crippen LogP) is 1.35. The minimum atomic E-state index is 0. The summed E-state index contributed by atoms with van der Waals surface area (Å²) in [4.78, 5) is 18.4. The van der Waals surface area contributed by atoms with Crippen molar-refractivity contribution < 1.29 is 9.53 Å². The fourth-order valence-electron chi connectivity index (χ4n) is 3.40. The van der Waals surface area contributed by atoms with E-state index in [2.05, 4.69) is 20.5 Å². The number of hydrogen-bond donors (Lipinski definition) is 2. The van der Waals surface area contributed by atoms with Crippen molar-refractivity contribution in [3.8, 4) is 0 Å². The summed E-state index contributed by atoms with van der Waals surface area (Å²) in [5.74, 6) is 1.15. The molecule has 23 heavy (non-hydrogen) atoms. The molecule has 0 aromatic heterocycles. The molecule has 1 amide bonds. The molecule has 132 valence electrons. The highest BCUT2D eigenvalue weighted by Gasteiger charge is 2.42. The first-order valence-electron chi connectivity index (χ1n) is 8.53. The van der Waals surface area contributed by atoms with Gasteiger partial charge in [0.05, 0.1) is 6.61 Å². The Morgan fingerprint density at radius 1 is 1.39 bits per heavy atom. The van der Waals surface area contributed by atoms with E-state index in [0.29, 0.717) is 17.9 Å². The summed E-state index contributed by atoms with van der Waals surface area (Å²) in [6.45, 7) is 4.67. The zero-order chi connectivity index (χ0) is 15.4. The third-order valence-electron chi connectivity index (χ3n) is 4.94. The molecule has 3 aliphatic rings. The van der Waals surface area contributed by atoms with Crippen molar-refractivity contribution in [3.05, 3.63) is 0 Å². The summed E-state index contributed by atoms with van der Waals surface area (Å²) in [6.07, 6.45) is 6.10. The molecule has 0 radical (unpaired) electrons. The van der Waals surface area contributed by atoms with Gasteiger partial charge in [-0.1, -0.05) is 0 Å². The maximum absolute atomic E-state index is 11.6. The highest BCUT2D eigenvalue weighted by atomic mass is 127. The van der Waals surface area contributed by atoms with Crippen molar-refractivity contribution in [3.63, 3.8) is 0 Å². The largest absolute Gasteiger partial charge is 0.381 e. The molecular formula is C16H29IN4O2. The van der Waals surface area contributed by atoms with Crippen LogP contribution >= 0.6 is 24.0 Å². The van der Waals surface area contributed by atoms with Gasteiger partial charge in [0, 0.05) is 51.2 Å². The van der Waals surface area contributed by atoms with E-state index in [-0.39, 0.29) is 29.9 Å². The monoisotopic (exact) mass is 436 g/mol. The van der Waals surface area contributed by atoms with E-state index in [1.807, 2.05) is 7.05 Å². The van der Waals surface area contributed by atoms with Crippen molar-refractivity contribution >= 4 is 35.8 Å². The second kappa shape index (κ2) is 8.50. The molecule has 1 spiro atoms. The lowest BCUT2D eigenvalue weighted by Crippen LogP contribution is -2.42. The van der Waals surface area contributed by atoms with Crippen LogP contribution in [-0.2, 0) is 9.53 Å². The number of carbonyl (C=O) groups is 1. The molecule has 0 bridgehead atoms. The van der Waals surface area contributed by atoms with Gasteiger partial charge in [-0.25, -0.2) is 0 Å². The maximum atomic E-state index is 11.6. The van der Waals surface area contributed by atoms with Crippen LogP contribution in [0.5, 0.6) is 0 Å². The van der Waals surface area contributed by atoms with Gasteiger partial charge in [0.1, 0.15) is 0 Å². The minimum absolute atomic E-state index is 0. The molecule has 1 aliphatic carbocycles. The maximum Gasteiger partial charge on any atom is 0.220 e. The van der Waals surface area contributed by atoms with E-state index in [9.17, 15) is 4.79 Å². The lowest BCUT2D eigenvalue weighted by molar-refractivity contribution is -0.121. The summed E-state index contributed by atoms with van der Waals surface area (Å²) in [5, 5.41) is 6.42. The molecule has 1 saturated carbocycles. The minimum Gasteiger partial charge on any atom is -0.381 e. The molecule has 1 unspecified atom stereocenters. The molecule has 3 rings (SSSR count). The Labute approximate surface area is 155 Å². The van der Waals surface area contributed by atoms with Gasteiger partial charge in [-0.05, 0) is 32.1 Å². The summed E-state index contributed by atoms with van der Waals surface area (Å²) in [5.41, 5.74) is 0.349. The van der Waals surface area contributed by atoms with Crippen LogP contribution in [0.1, 0.15) is 38.5 Å². The highest BCUT2D eigenvalue weighted by Crippen LogP contribution is 2.38. The second-order valence-electron chi connectivity index (χ2n) is 6.89. The van der Waals surface area contributed by atoms with Crippen LogP contribution in [-0.4, -0.2) is 62.7 Å². The quantitative estimate of drug-likeness (QED) is 0.296. The fraction of sp³-hybridized carbons (Fsp3) is 0.875. The molecule has 1 atom stereocenters. The Hall–Kier alpha value is -0.570. The van der Waals surface area contributed by atoms with Crippen LogP contribution in [0.4, 0.5) is 0 Å².